The molecule has 0 unspecified atom stereocenters. The van der Waals surface area contributed by atoms with Crippen molar-refractivity contribution in [3.63, 3.8) is 0 Å². The van der Waals surface area contributed by atoms with Gasteiger partial charge in [-0.2, -0.15) is 0 Å². The Balaban J connectivity index is 1.90. The molecule has 0 aliphatic heterocycles. The summed E-state index contributed by atoms with van der Waals surface area (Å²) >= 11 is 0. The topological polar surface area (TPSA) is 78.4 Å². The third-order valence-corrected chi connectivity index (χ3v) is 5.94. The summed E-state index contributed by atoms with van der Waals surface area (Å²) in [5.41, 5.74) is 1.15. The van der Waals surface area contributed by atoms with Crippen molar-refractivity contribution in [2.24, 2.45) is 23.7 Å². The quantitative estimate of drug-likeness (QED) is 0.635. The van der Waals surface area contributed by atoms with Crippen molar-refractivity contribution < 1.29 is 14.7 Å². The van der Waals surface area contributed by atoms with Gasteiger partial charge in [-0.1, -0.05) is 44.8 Å². The minimum Gasteiger partial charge on any atom is -0.481 e. The van der Waals surface area contributed by atoms with Crippen LogP contribution in [0.3, 0.4) is 0 Å². The number of urea groups is 1. The van der Waals surface area contributed by atoms with Gasteiger partial charge in [-0.3, -0.25) is 4.79 Å². The molecule has 142 valence electrons. The first-order valence-corrected chi connectivity index (χ1v) is 9.81. The first-order valence-electron chi connectivity index (χ1n) is 9.81. The summed E-state index contributed by atoms with van der Waals surface area (Å²) in [6.45, 7) is 7.02. The maximum atomic E-state index is 12.2. The van der Waals surface area contributed by atoms with Gasteiger partial charge < -0.3 is 15.7 Å². The fourth-order valence-corrected chi connectivity index (χ4v) is 4.41. The molecular formula is C20H34N2O3. The fraction of sp³-hybridized carbons (Fsp3) is 0.800. The van der Waals surface area contributed by atoms with Crippen molar-refractivity contribution in [3.8, 4) is 0 Å². The number of carbonyl (C=O) groups excluding carboxylic acids is 1. The lowest BCUT2D eigenvalue weighted by Gasteiger charge is -2.37. The second-order valence-electron chi connectivity index (χ2n) is 8.20. The molecule has 2 amide bonds. The van der Waals surface area contributed by atoms with Crippen molar-refractivity contribution in [1.29, 1.82) is 0 Å². The Kier molecular flexibility index (Phi) is 7.33. The molecule has 1 fully saturated rings. The second-order valence-corrected chi connectivity index (χ2v) is 8.20. The van der Waals surface area contributed by atoms with E-state index in [4.69, 9.17) is 5.11 Å². The summed E-state index contributed by atoms with van der Waals surface area (Å²) in [5, 5.41) is 15.3. The van der Waals surface area contributed by atoms with E-state index in [0.717, 1.165) is 24.8 Å². The van der Waals surface area contributed by atoms with Crippen LogP contribution in [0.25, 0.3) is 0 Å². The lowest BCUT2D eigenvalue weighted by molar-refractivity contribution is -0.138. The summed E-state index contributed by atoms with van der Waals surface area (Å²) in [6, 6.07) is 0.256. The molecule has 25 heavy (non-hydrogen) atoms. The molecular weight excluding hydrogens is 316 g/mol. The molecule has 3 N–H and O–H groups in total. The molecule has 2 rings (SSSR count). The van der Waals surface area contributed by atoms with Gasteiger partial charge in [0.15, 0.2) is 0 Å². The predicted octanol–water partition coefficient (Wildman–Crippen LogP) is 3.95. The third-order valence-electron chi connectivity index (χ3n) is 5.94. The minimum atomic E-state index is -0.733. The van der Waals surface area contributed by atoms with Gasteiger partial charge in [-0.05, 0) is 49.9 Å². The minimum absolute atomic E-state index is 0.0619. The molecule has 0 saturated heterocycles. The first-order chi connectivity index (χ1) is 11.9. The first kappa shape index (κ1) is 19.8. The van der Waals surface area contributed by atoms with Gasteiger partial charge in [0.1, 0.15) is 0 Å². The standard InChI is InChI=1S/C20H34N2O3/c1-13(2)18-10-15(11-19(23)24)14(3)9-16(18)12-21-20(25)22-17-7-5-4-6-8-17/h9,13,15-18H,4-8,10-12H2,1-3H3,(H,23,24)(H2,21,22,25)/t15-,16-,18-/m0/s1. The van der Waals surface area contributed by atoms with Crippen LogP contribution in [0.4, 0.5) is 4.79 Å². The normalized spacial score (nSPS) is 27.7. The van der Waals surface area contributed by atoms with Crippen LogP contribution in [0.1, 0.15) is 65.7 Å². The molecule has 0 bridgehead atoms. The molecule has 0 aromatic carbocycles. The van der Waals surface area contributed by atoms with Gasteiger partial charge in [0, 0.05) is 12.6 Å². The van der Waals surface area contributed by atoms with Crippen LogP contribution in [0, 0.1) is 23.7 Å². The maximum absolute atomic E-state index is 12.2. The highest BCUT2D eigenvalue weighted by Gasteiger charge is 2.32. The molecule has 2 aliphatic rings. The fourth-order valence-electron chi connectivity index (χ4n) is 4.41. The number of aliphatic carboxylic acids is 1. The van der Waals surface area contributed by atoms with E-state index in [9.17, 15) is 9.59 Å². The van der Waals surface area contributed by atoms with E-state index < -0.39 is 5.97 Å². The SMILES string of the molecule is CC1=C[C@@H](CNC(=O)NC2CCCCC2)[C@H](C(C)C)C[C@H]1CC(=O)O. The highest BCUT2D eigenvalue weighted by atomic mass is 16.4. The van der Waals surface area contributed by atoms with Crippen LogP contribution >= 0.6 is 0 Å². The summed E-state index contributed by atoms with van der Waals surface area (Å²) in [5.74, 6) is 0.542. The molecule has 5 nitrogen and oxygen atoms in total. The Labute approximate surface area is 151 Å². The molecule has 2 aliphatic carbocycles. The van der Waals surface area contributed by atoms with Gasteiger partial charge >= 0.3 is 12.0 Å². The number of hydrogen-bond acceptors (Lipinski definition) is 2. The van der Waals surface area contributed by atoms with Gasteiger partial charge in [0.2, 0.25) is 0 Å². The molecule has 0 aromatic heterocycles. The average Bonchev–Trinajstić information content (AvgIpc) is 2.55. The molecule has 0 spiro atoms. The van der Waals surface area contributed by atoms with Crippen molar-refractivity contribution >= 4 is 12.0 Å². The Morgan fingerprint density at radius 3 is 2.52 bits per heavy atom. The van der Waals surface area contributed by atoms with Crippen LogP contribution < -0.4 is 10.6 Å². The number of carboxylic acid groups (broad SMARTS) is 1. The highest BCUT2D eigenvalue weighted by Crippen LogP contribution is 2.38. The van der Waals surface area contributed by atoms with Crippen molar-refractivity contribution in [2.75, 3.05) is 6.54 Å². The summed E-state index contributed by atoms with van der Waals surface area (Å²) < 4.78 is 0. The lowest BCUT2D eigenvalue weighted by atomic mass is 9.70. The number of allylic oxidation sites excluding steroid dienone is 1. The van der Waals surface area contributed by atoms with Crippen molar-refractivity contribution in [3.05, 3.63) is 11.6 Å². The zero-order chi connectivity index (χ0) is 18.4. The molecule has 1 saturated carbocycles. The predicted molar refractivity (Wildman–Crippen MR) is 99.3 cm³/mol. The van der Waals surface area contributed by atoms with Gasteiger partial charge in [-0.15, -0.1) is 0 Å². The van der Waals surface area contributed by atoms with Crippen LogP contribution in [0.5, 0.6) is 0 Å². The smallest absolute Gasteiger partial charge is 0.315 e. The third kappa shape index (κ3) is 6.05. The maximum Gasteiger partial charge on any atom is 0.315 e. The van der Waals surface area contributed by atoms with Gasteiger partial charge in [-0.25, -0.2) is 4.79 Å². The highest BCUT2D eigenvalue weighted by molar-refractivity contribution is 5.74. The summed E-state index contributed by atoms with van der Waals surface area (Å²) in [6.07, 6.45) is 9.15. The molecule has 0 radical (unpaired) electrons. The Hall–Kier alpha value is -1.52. The molecule has 0 aromatic rings. The van der Waals surface area contributed by atoms with E-state index in [2.05, 4.69) is 30.6 Å². The molecule has 3 atom stereocenters. The van der Waals surface area contributed by atoms with E-state index in [1.54, 1.807) is 0 Å². The zero-order valence-corrected chi connectivity index (χ0v) is 15.9. The van der Waals surface area contributed by atoms with Crippen molar-refractivity contribution in [1.82, 2.24) is 10.6 Å². The van der Waals surface area contributed by atoms with E-state index in [1.165, 1.54) is 19.3 Å². The number of nitrogens with one attached hydrogen (secondary N) is 2. The van der Waals surface area contributed by atoms with E-state index in [-0.39, 0.29) is 24.3 Å². The van der Waals surface area contributed by atoms with Crippen LogP contribution in [-0.4, -0.2) is 29.7 Å². The lowest BCUT2D eigenvalue weighted by Crippen LogP contribution is -2.45. The van der Waals surface area contributed by atoms with Gasteiger partial charge in [0.25, 0.3) is 0 Å². The monoisotopic (exact) mass is 350 g/mol. The van der Waals surface area contributed by atoms with E-state index in [0.29, 0.717) is 24.4 Å². The van der Waals surface area contributed by atoms with E-state index in [1.807, 2.05) is 6.92 Å². The van der Waals surface area contributed by atoms with Crippen LogP contribution in [-0.2, 0) is 4.79 Å². The Morgan fingerprint density at radius 2 is 1.92 bits per heavy atom. The van der Waals surface area contributed by atoms with Crippen LogP contribution in [0.2, 0.25) is 0 Å². The Morgan fingerprint density at radius 1 is 1.24 bits per heavy atom. The number of amides is 2. The van der Waals surface area contributed by atoms with Crippen LogP contribution in [0.15, 0.2) is 11.6 Å². The number of rotatable bonds is 6. The van der Waals surface area contributed by atoms with Gasteiger partial charge in [0.05, 0.1) is 6.42 Å². The summed E-state index contributed by atoms with van der Waals surface area (Å²) in [7, 11) is 0. The number of carbonyl (C=O) groups is 2. The largest absolute Gasteiger partial charge is 0.481 e. The molecule has 5 heteroatoms. The summed E-state index contributed by atoms with van der Waals surface area (Å²) in [4.78, 5) is 23.3. The molecule has 0 heterocycles. The Bertz CT molecular complexity index is 495. The number of carboxylic acids is 1. The number of hydrogen-bond donors (Lipinski definition) is 3. The average molecular weight is 351 g/mol. The second kappa shape index (κ2) is 9.25. The zero-order valence-electron chi connectivity index (χ0n) is 15.9. The van der Waals surface area contributed by atoms with Crippen molar-refractivity contribution in [2.45, 2.75) is 71.8 Å². The van der Waals surface area contributed by atoms with E-state index >= 15 is 0 Å².